The fourth-order valence-electron chi connectivity index (χ4n) is 3.94. The van der Waals surface area contributed by atoms with Crippen LogP contribution in [0.15, 0.2) is 60.7 Å². The second-order valence-electron chi connectivity index (χ2n) is 7.27. The van der Waals surface area contributed by atoms with Crippen LogP contribution in [0.5, 0.6) is 0 Å². The van der Waals surface area contributed by atoms with Crippen molar-refractivity contribution >= 4 is 22.5 Å². The zero-order valence-electron chi connectivity index (χ0n) is 15.4. The highest BCUT2D eigenvalue weighted by atomic mass is 16.6. The van der Waals surface area contributed by atoms with Crippen LogP contribution in [-0.4, -0.2) is 21.9 Å². The monoisotopic (exact) mass is 375 g/mol. The number of non-ortho nitro benzene ring substituents is 1. The number of hydrogen-bond acceptors (Lipinski definition) is 4. The molecule has 28 heavy (non-hydrogen) atoms. The molecule has 6 nitrogen and oxygen atoms in total. The van der Waals surface area contributed by atoms with Crippen LogP contribution in [0, 0.1) is 10.1 Å². The molecular weight excluding hydrogens is 354 g/mol. The van der Waals surface area contributed by atoms with Crippen LogP contribution in [-0.2, 0) is 0 Å². The Morgan fingerprint density at radius 2 is 1.82 bits per heavy atom. The van der Waals surface area contributed by atoms with Gasteiger partial charge in [0.1, 0.15) is 5.69 Å². The van der Waals surface area contributed by atoms with Gasteiger partial charge in [0.25, 0.3) is 11.6 Å². The lowest BCUT2D eigenvalue weighted by Crippen LogP contribution is -2.38. The topological polar surface area (TPSA) is 85.1 Å². The fraction of sp³-hybridized carbons (Fsp3) is 0.273. The molecule has 6 heteroatoms. The third-order valence-electron chi connectivity index (χ3n) is 5.42. The summed E-state index contributed by atoms with van der Waals surface area (Å²) >= 11 is 0. The van der Waals surface area contributed by atoms with Crippen molar-refractivity contribution in [2.45, 2.75) is 37.6 Å². The summed E-state index contributed by atoms with van der Waals surface area (Å²) in [5.41, 5.74) is 2.43. The second kappa shape index (κ2) is 7.76. The molecule has 0 aliphatic heterocycles. The first-order valence-electron chi connectivity index (χ1n) is 9.51. The van der Waals surface area contributed by atoms with Gasteiger partial charge in [0.2, 0.25) is 0 Å². The molecule has 3 aromatic rings. The van der Waals surface area contributed by atoms with Crippen molar-refractivity contribution in [1.29, 1.82) is 0 Å². The average molecular weight is 375 g/mol. The third kappa shape index (κ3) is 3.86. The van der Waals surface area contributed by atoms with Crippen LogP contribution in [0.4, 0.5) is 5.69 Å². The summed E-state index contributed by atoms with van der Waals surface area (Å²) in [5, 5.41) is 15.0. The molecule has 1 aromatic heterocycles. The number of rotatable bonds is 4. The number of nitro groups is 1. The van der Waals surface area contributed by atoms with E-state index in [-0.39, 0.29) is 22.6 Å². The van der Waals surface area contributed by atoms with Crippen molar-refractivity contribution in [1.82, 2.24) is 10.3 Å². The number of nitrogens with zero attached hydrogens (tertiary/aromatic N) is 2. The molecule has 1 N–H and O–H groups in total. The van der Waals surface area contributed by atoms with Crippen molar-refractivity contribution in [2.75, 3.05) is 0 Å². The van der Waals surface area contributed by atoms with E-state index in [2.05, 4.69) is 10.3 Å². The normalized spacial score (nSPS) is 19.3. The van der Waals surface area contributed by atoms with E-state index in [4.69, 9.17) is 0 Å². The number of nitro benzene ring substituents is 1. The lowest BCUT2D eigenvalue weighted by Gasteiger charge is -2.30. The number of carbonyl (C=O) groups excluding carboxylic acids is 1. The zero-order valence-corrected chi connectivity index (χ0v) is 15.4. The van der Waals surface area contributed by atoms with E-state index in [0.29, 0.717) is 11.6 Å². The van der Waals surface area contributed by atoms with Crippen molar-refractivity contribution < 1.29 is 9.72 Å². The van der Waals surface area contributed by atoms with E-state index < -0.39 is 0 Å². The van der Waals surface area contributed by atoms with Crippen molar-refractivity contribution in [3.63, 3.8) is 0 Å². The van der Waals surface area contributed by atoms with E-state index in [1.54, 1.807) is 18.2 Å². The van der Waals surface area contributed by atoms with Crippen LogP contribution >= 0.6 is 0 Å². The molecule has 1 amide bonds. The molecule has 0 bridgehead atoms. The molecular formula is C22H21N3O3. The molecule has 142 valence electrons. The number of hydrogen-bond donors (Lipinski definition) is 1. The van der Waals surface area contributed by atoms with Gasteiger partial charge >= 0.3 is 0 Å². The van der Waals surface area contributed by atoms with Crippen LogP contribution in [0.25, 0.3) is 10.9 Å². The molecule has 1 aliphatic rings. The highest BCUT2D eigenvalue weighted by Crippen LogP contribution is 2.33. The van der Waals surface area contributed by atoms with Gasteiger partial charge in [-0.3, -0.25) is 14.9 Å². The van der Waals surface area contributed by atoms with Gasteiger partial charge in [0, 0.05) is 23.6 Å². The van der Waals surface area contributed by atoms with Crippen LogP contribution in [0.3, 0.4) is 0 Å². The van der Waals surface area contributed by atoms with E-state index in [1.807, 2.05) is 42.5 Å². The summed E-state index contributed by atoms with van der Waals surface area (Å²) in [6.45, 7) is 0. The Kier molecular flexibility index (Phi) is 5.02. The molecule has 1 aliphatic carbocycles. The smallest absolute Gasteiger partial charge is 0.270 e. The molecule has 0 unspecified atom stereocenters. The molecule has 1 heterocycles. The third-order valence-corrected chi connectivity index (χ3v) is 5.42. The fourth-order valence-corrected chi connectivity index (χ4v) is 3.94. The Hall–Kier alpha value is -3.28. The minimum atomic E-state index is -0.385. The second-order valence-corrected chi connectivity index (χ2v) is 7.27. The number of aromatic nitrogens is 1. The maximum Gasteiger partial charge on any atom is 0.270 e. The minimum Gasteiger partial charge on any atom is -0.348 e. The van der Waals surface area contributed by atoms with Crippen molar-refractivity contribution in [3.05, 3.63) is 82.0 Å². The number of benzene rings is 2. The lowest BCUT2D eigenvalue weighted by atomic mass is 9.81. The quantitative estimate of drug-likeness (QED) is 0.533. The van der Waals surface area contributed by atoms with Crippen LogP contribution in [0.1, 0.15) is 47.7 Å². The number of para-hydroxylation sites is 1. The van der Waals surface area contributed by atoms with E-state index in [1.165, 1.54) is 0 Å². The standard InChI is InChI=1S/C22H21N3O3/c26-22(21-13-10-16-4-1-2-7-20(16)24-21)23-18-6-3-5-17(14-18)15-8-11-19(12-9-15)25(27)28/h1-2,4,7-13,17-18H,3,5-6,14H2,(H,23,26)/t17-,18+/m0/s1. The molecule has 0 spiro atoms. The summed E-state index contributed by atoms with van der Waals surface area (Å²) in [6.07, 6.45) is 3.80. The van der Waals surface area contributed by atoms with Gasteiger partial charge in [-0.25, -0.2) is 4.98 Å². The van der Waals surface area contributed by atoms with Gasteiger partial charge < -0.3 is 5.32 Å². The highest BCUT2D eigenvalue weighted by Gasteiger charge is 2.25. The molecule has 4 rings (SSSR count). The maximum absolute atomic E-state index is 12.7. The predicted octanol–water partition coefficient (Wildman–Crippen LogP) is 4.60. The first-order chi connectivity index (χ1) is 13.6. The van der Waals surface area contributed by atoms with Crippen LogP contribution < -0.4 is 5.32 Å². The predicted molar refractivity (Wildman–Crippen MR) is 107 cm³/mol. The SMILES string of the molecule is O=C(N[C@@H]1CCC[C@H](c2ccc([N+](=O)[O-])cc2)C1)c1ccc2ccccc2n1. The van der Waals surface area contributed by atoms with Crippen molar-refractivity contribution in [2.24, 2.45) is 0 Å². The zero-order chi connectivity index (χ0) is 19.5. The number of nitrogens with one attached hydrogen (secondary N) is 1. The van der Waals surface area contributed by atoms with Gasteiger partial charge in [-0.05, 0) is 42.9 Å². The molecule has 1 fully saturated rings. The van der Waals surface area contributed by atoms with Gasteiger partial charge in [0.15, 0.2) is 0 Å². The molecule has 1 saturated carbocycles. The van der Waals surface area contributed by atoms with E-state index in [0.717, 1.165) is 42.1 Å². The van der Waals surface area contributed by atoms with Gasteiger partial charge in [-0.2, -0.15) is 0 Å². The number of pyridine rings is 1. The van der Waals surface area contributed by atoms with Gasteiger partial charge in [0.05, 0.1) is 10.4 Å². The van der Waals surface area contributed by atoms with Crippen LogP contribution in [0.2, 0.25) is 0 Å². The lowest BCUT2D eigenvalue weighted by molar-refractivity contribution is -0.384. The summed E-state index contributed by atoms with van der Waals surface area (Å²) in [6, 6.07) is 18.2. The Morgan fingerprint density at radius 1 is 1.04 bits per heavy atom. The van der Waals surface area contributed by atoms with E-state index in [9.17, 15) is 14.9 Å². The summed E-state index contributed by atoms with van der Waals surface area (Å²) in [7, 11) is 0. The molecule has 0 saturated heterocycles. The Labute approximate surface area is 162 Å². The first-order valence-corrected chi connectivity index (χ1v) is 9.51. The Morgan fingerprint density at radius 3 is 2.61 bits per heavy atom. The average Bonchev–Trinajstić information content (AvgIpc) is 2.73. The number of amides is 1. The molecule has 2 aromatic carbocycles. The number of carbonyl (C=O) groups is 1. The van der Waals surface area contributed by atoms with Crippen molar-refractivity contribution in [3.8, 4) is 0 Å². The van der Waals surface area contributed by atoms with Gasteiger partial charge in [-0.15, -0.1) is 0 Å². The largest absolute Gasteiger partial charge is 0.348 e. The summed E-state index contributed by atoms with van der Waals surface area (Å²) < 4.78 is 0. The first kappa shape index (κ1) is 18.1. The number of fused-ring (bicyclic) bond motifs is 1. The van der Waals surface area contributed by atoms with Gasteiger partial charge in [-0.1, -0.05) is 42.8 Å². The Balaban J connectivity index is 1.44. The molecule has 2 atom stereocenters. The highest BCUT2D eigenvalue weighted by molar-refractivity contribution is 5.95. The summed E-state index contributed by atoms with van der Waals surface area (Å²) in [5.74, 6) is 0.143. The summed E-state index contributed by atoms with van der Waals surface area (Å²) in [4.78, 5) is 27.6. The minimum absolute atomic E-state index is 0.0784. The Bertz CT molecular complexity index is 1020. The maximum atomic E-state index is 12.7. The van der Waals surface area contributed by atoms with E-state index >= 15 is 0 Å². The molecule has 0 radical (unpaired) electrons.